The molecule has 0 saturated heterocycles. The largest absolute Gasteiger partial charge is 0.308 e. The van der Waals surface area contributed by atoms with E-state index in [1.807, 2.05) is 13.2 Å². The van der Waals surface area contributed by atoms with E-state index >= 15 is 0 Å². The normalized spacial score (nSPS) is 12.9. The number of aryl methyl sites for hydroxylation is 1. The van der Waals surface area contributed by atoms with E-state index in [1.54, 1.807) is 16.0 Å². The van der Waals surface area contributed by atoms with E-state index < -0.39 is 0 Å². The van der Waals surface area contributed by atoms with Crippen molar-refractivity contribution in [2.45, 2.75) is 25.9 Å². The van der Waals surface area contributed by atoms with Crippen LogP contribution in [-0.2, 0) is 20.0 Å². The summed E-state index contributed by atoms with van der Waals surface area (Å²) >= 11 is 1.75. The lowest BCUT2D eigenvalue weighted by Gasteiger charge is -2.11. The first-order valence-corrected chi connectivity index (χ1v) is 6.28. The minimum atomic E-state index is 0.455. The van der Waals surface area contributed by atoms with Crippen LogP contribution in [0.15, 0.2) is 23.0 Å². The third kappa shape index (κ3) is 3.15. The Labute approximate surface area is 99.3 Å². The molecule has 2 heterocycles. The summed E-state index contributed by atoms with van der Waals surface area (Å²) in [6.45, 7) is 2.97. The van der Waals surface area contributed by atoms with Crippen molar-refractivity contribution >= 4 is 11.3 Å². The molecular weight excluding hydrogens is 220 g/mol. The van der Waals surface area contributed by atoms with Crippen molar-refractivity contribution in [3.05, 3.63) is 34.3 Å². The number of aromatic nitrogens is 3. The quantitative estimate of drug-likeness (QED) is 0.857. The van der Waals surface area contributed by atoms with E-state index in [0.29, 0.717) is 6.04 Å². The van der Waals surface area contributed by atoms with Gasteiger partial charge in [-0.1, -0.05) is 5.21 Å². The molecule has 2 rings (SSSR count). The van der Waals surface area contributed by atoms with E-state index in [2.05, 4.69) is 39.4 Å². The predicted molar refractivity (Wildman–Crippen MR) is 65.3 cm³/mol. The van der Waals surface area contributed by atoms with E-state index in [9.17, 15) is 0 Å². The van der Waals surface area contributed by atoms with Gasteiger partial charge in [0.25, 0.3) is 0 Å². The number of hydrogen-bond donors (Lipinski definition) is 1. The summed E-state index contributed by atoms with van der Waals surface area (Å²) in [5.74, 6) is 0. The second kappa shape index (κ2) is 5.23. The van der Waals surface area contributed by atoms with Crippen molar-refractivity contribution in [3.8, 4) is 0 Å². The van der Waals surface area contributed by atoms with Crippen LogP contribution in [0.1, 0.15) is 18.2 Å². The fourth-order valence-electron chi connectivity index (χ4n) is 1.59. The molecule has 1 unspecified atom stereocenters. The summed E-state index contributed by atoms with van der Waals surface area (Å²) in [4.78, 5) is 0. The van der Waals surface area contributed by atoms with Crippen molar-refractivity contribution in [3.63, 3.8) is 0 Å². The maximum Gasteiger partial charge on any atom is 0.0964 e. The molecule has 86 valence electrons. The minimum Gasteiger partial charge on any atom is -0.308 e. The predicted octanol–water partition coefficient (Wildman–Crippen LogP) is 1.60. The number of nitrogens with zero attached hydrogens (tertiary/aromatic N) is 3. The zero-order valence-electron chi connectivity index (χ0n) is 9.55. The molecule has 1 atom stereocenters. The molecule has 0 radical (unpaired) electrons. The highest BCUT2D eigenvalue weighted by molar-refractivity contribution is 7.07. The maximum atomic E-state index is 4.04. The Morgan fingerprint density at radius 2 is 2.44 bits per heavy atom. The van der Waals surface area contributed by atoms with Gasteiger partial charge in [-0.05, 0) is 35.7 Å². The van der Waals surface area contributed by atoms with Gasteiger partial charge in [-0.15, -0.1) is 5.10 Å². The molecule has 0 bridgehead atoms. The molecule has 16 heavy (non-hydrogen) atoms. The third-order valence-electron chi connectivity index (χ3n) is 2.40. The van der Waals surface area contributed by atoms with Crippen LogP contribution in [0, 0.1) is 0 Å². The van der Waals surface area contributed by atoms with Crippen molar-refractivity contribution in [2.75, 3.05) is 0 Å². The lowest BCUT2D eigenvalue weighted by atomic mass is 10.1. The van der Waals surface area contributed by atoms with Gasteiger partial charge in [0.1, 0.15) is 0 Å². The molecule has 0 fully saturated rings. The van der Waals surface area contributed by atoms with Crippen LogP contribution in [0.3, 0.4) is 0 Å². The Kier molecular flexibility index (Phi) is 3.69. The smallest absolute Gasteiger partial charge is 0.0964 e. The number of nitrogens with one attached hydrogen (secondary N) is 1. The number of hydrogen-bond acceptors (Lipinski definition) is 4. The Hall–Kier alpha value is -1.20. The fourth-order valence-corrected chi connectivity index (χ4v) is 2.27. The highest BCUT2D eigenvalue weighted by Crippen LogP contribution is 2.08. The van der Waals surface area contributed by atoms with E-state index in [-0.39, 0.29) is 0 Å². The average molecular weight is 236 g/mol. The Morgan fingerprint density at radius 1 is 1.56 bits per heavy atom. The van der Waals surface area contributed by atoms with E-state index in [0.717, 1.165) is 18.7 Å². The van der Waals surface area contributed by atoms with Gasteiger partial charge in [0.15, 0.2) is 0 Å². The van der Waals surface area contributed by atoms with Crippen LogP contribution in [-0.4, -0.2) is 21.0 Å². The highest BCUT2D eigenvalue weighted by atomic mass is 32.1. The zero-order valence-corrected chi connectivity index (χ0v) is 10.4. The molecule has 0 saturated carbocycles. The topological polar surface area (TPSA) is 42.7 Å². The summed E-state index contributed by atoms with van der Waals surface area (Å²) in [6, 6.07) is 2.63. The van der Waals surface area contributed by atoms with Gasteiger partial charge in [0.2, 0.25) is 0 Å². The molecule has 0 spiro atoms. The summed E-state index contributed by atoms with van der Waals surface area (Å²) < 4.78 is 1.72. The molecule has 2 aromatic heterocycles. The third-order valence-corrected chi connectivity index (χ3v) is 3.14. The van der Waals surface area contributed by atoms with Gasteiger partial charge in [-0.25, -0.2) is 0 Å². The molecule has 0 aliphatic rings. The number of rotatable bonds is 5. The monoisotopic (exact) mass is 236 g/mol. The second-order valence-corrected chi connectivity index (χ2v) is 4.78. The number of thiophene rings is 1. The Bertz CT molecular complexity index is 421. The van der Waals surface area contributed by atoms with Gasteiger partial charge in [0, 0.05) is 25.8 Å². The maximum absolute atomic E-state index is 4.04. The van der Waals surface area contributed by atoms with E-state index in [1.165, 1.54) is 5.56 Å². The van der Waals surface area contributed by atoms with Crippen molar-refractivity contribution < 1.29 is 0 Å². The molecule has 0 aliphatic carbocycles. The van der Waals surface area contributed by atoms with Crippen LogP contribution >= 0.6 is 11.3 Å². The summed E-state index contributed by atoms with van der Waals surface area (Å²) in [5.41, 5.74) is 2.38. The molecule has 0 amide bonds. The van der Waals surface area contributed by atoms with Gasteiger partial charge < -0.3 is 5.32 Å². The van der Waals surface area contributed by atoms with Crippen LogP contribution in [0.25, 0.3) is 0 Å². The standard InChI is InChI=1S/C11H16N4S/c1-9(5-10-3-4-16-8-10)12-6-11-7-15(2)14-13-11/h3-4,7-9,12H,5-6H2,1-2H3. The summed E-state index contributed by atoms with van der Waals surface area (Å²) in [5, 5.41) is 15.7. The van der Waals surface area contributed by atoms with Crippen LogP contribution in [0.5, 0.6) is 0 Å². The van der Waals surface area contributed by atoms with Gasteiger partial charge in [-0.3, -0.25) is 4.68 Å². The Morgan fingerprint density at radius 3 is 3.06 bits per heavy atom. The summed E-state index contributed by atoms with van der Waals surface area (Å²) in [6.07, 6.45) is 2.99. The first-order valence-electron chi connectivity index (χ1n) is 5.33. The first kappa shape index (κ1) is 11.3. The zero-order chi connectivity index (χ0) is 11.4. The second-order valence-electron chi connectivity index (χ2n) is 4.00. The molecule has 1 N–H and O–H groups in total. The van der Waals surface area contributed by atoms with Crippen molar-refractivity contribution in [1.82, 2.24) is 20.3 Å². The van der Waals surface area contributed by atoms with Crippen LogP contribution < -0.4 is 5.32 Å². The lowest BCUT2D eigenvalue weighted by Crippen LogP contribution is -2.27. The fraction of sp³-hybridized carbons (Fsp3) is 0.455. The molecular formula is C11H16N4S. The minimum absolute atomic E-state index is 0.455. The van der Waals surface area contributed by atoms with Gasteiger partial charge >= 0.3 is 0 Å². The van der Waals surface area contributed by atoms with Gasteiger partial charge in [-0.2, -0.15) is 11.3 Å². The Balaban J connectivity index is 1.77. The van der Waals surface area contributed by atoms with Crippen LogP contribution in [0.2, 0.25) is 0 Å². The molecule has 0 aliphatic heterocycles. The summed E-state index contributed by atoms with van der Waals surface area (Å²) in [7, 11) is 1.88. The molecule has 4 nitrogen and oxygen atoms in total. The SMILES string of the molecule is CC(Cc1ccsc1)NCc1cn(C)nn1. The van der Waals surface area contributed by atoms with E-state index in [4.69, 9.17) is 0 Å². The molecule has 5 heteroatoms. The first-order chi connectivity index (χ1) is 7.74. The van der Waals surface area contributed by atoms with Crippen LogP contribution in [0.4, 0.5) is 0 Å². The van der Waals surface area contributed by atoms with Crippen molar-refractivity contribution in [2.24, 2.45) is 7.05 Å². The highest BCUT2D eigenvalue weighted by Gasteiger charge is 2.05. The lowest BCUT2D eigenvalue weighted by molar-refractivity contribution is 0.540. The molecule has 0 aromatic carbocycles. The molecule has 2 aromatic rings. The van der Waals surface area contributed by atoms with Gasteiger partial charge in [0.05, 0.1) is 5.69 Å². The van der Waals surface area contributed by atoms with Crippen molar-refractivity contribution in [1.29, 1.82) is 0 Å². The average Bonchev–Trinajstić information content (AvgIpc) is 2.87.